The van der Waals surface area contributed by atoms with Crippen LogP contribution in [0, 0.1) is 12.8 Å². The molecule has 2 aliphatic rings. The third kappa shape index (κ3) is 2.47. The van der Waals surface area contributed by atoms with Gasteiger partial charge in [-0.25, -0.2) is 0 Å². The Kier molecular flexibility index (Phi) is 3.06. The summed E-state index contributed by atoms with van der Waals surface area (Å²) in [5.74, 6) is 0.944. The molecule has 0 spiro atoms. The zero-order chi connectivity index (χ0) is 11.7. The first-order valence-electron chi connectivity index (χ1n) is 6.88. The molecule has 2 heteroatoms. The van der Waals surface area contributed by atoms with Crippen molar-refractivity contribution in [3.05, 3.63) is 29.8 Å². The van der Waals surface area contributed by atoms with Gasteiger partial charge in [-0.15, -0.1) is 0 Å². The van der Waals surface area contributed by atoms with E-state index in [1.165, 1.54) is 50.1 Å². The van der Waals surface area contributed by atoms with Crippen molar-refractivity contribution >= 4 is 5.69 Å². The van der Waals surface area contributed by atoms with Crippen molar-refractivity contribution in [3.63, 3.8) is 0 Å². The molecule has 2 nitrogen and oxygen atoms in total. The number of para-hydroxylation sites is 1. The van der Waals surface area contributed by atoms with Crippen molar-refractivity contribution in [1.29, 1.82) is 0 Å². The molecule has 1 unspecified atom stereocenters. The predicted molar refractivity (Wildman–Crippen MR) is 72.5 cm³/mol. The summed E-state index contributed by atoms with van der Waals surface area (Å²) >= 11 is 0. The fraction of sp³-hybridized carbons (Fsp3) is 0.600. The molecule has 1 saturated carbocycles. The summed E-state index contributed by atoms with van der Waals surface area (Å²) in [7, 11) is 0. The predicted octanol–water partition coefficient (Wildman–Crippen LogP) is 2.57. The van der Waals surface area contributed by atoms with Crippen molar-refractivity contribution in [2.75, 3.05) is 24.5 Å². The molecule has 92 valence electrons. The van der Waals surface area contributed by atoms with E-state index in [4.69, 9.17) is 0 Å². The van der Waals surface area contributed by atoms with Crippen molar-refractivity contribution in [3.8, 4) is 0 Å². The SMILES string of the molecule is Cc1ccccc1N1CCCNC(C2CC2)C1. The summed E-state index contributed by atoms with van der Waals surface area (Å²) < 4.78 is 0. The second kappa shape index (κ2) is 4.69. The van der Waals surface area contributed by atoms with Gasteiger partial charge >= 0.3 is 0 Å². The van der Waals surface area contributed by atoms with Crippen LogP contribution in [0.5, 0.6) is 0 Å². The lowest BCUT2D eigenvalue weighted by atomic mass is 10.1. The van der Waals surface area contributed by atoms with Gasteiger partial charge in [-0.1, -0.05) is 18.2 Å². The van der Waals surface area contributed by atoms with Gasteiger partial charge in [0.1, 0.15) is 0 Å². The third-order valence-electron chi connectivity index (χ3n) is 4.08. The number of nitrogens with one attached hydrogen (secondary N) is 1. The number of nitrogens with zero attached hydrogens (tertiary/aromatic N) is 1. The molecule has 1 aliphatic heterocycles. The van der Waals surface area contributed by atoms with Gasteiger partial charge in [0.25, 0.3) is 0 Å². The Morgan fingerprint density at radius 2 is 2.06 bits per heavy atom. The van der Waals surface area contributed by atoms with Gasteiger partial charge in [0.15, 0.2) is 0 Å². The largest absolute Gasteiger partial charge is 0.370 e. The monoisotopic (exact) mass is 230 g/mol. The molecule has 1 aromatic rings. The number of aryl methyl sites for hydroxylation is 1. The standard InChI is InChI=1S/C15H22N2/c1-12-5-2-3-6-15(12)17-10-4-9-16-14(11-17)13-7-8-13/h2-3,5-6,13-14,16H,4,7-11H2,1H3. The third-order valence-corrected chi connectivity index (χ3v) is 4.08. The van der Waals surface area contributed by atoms with Gasteiger partial charge in [0.2, 0.25) is 0 Å². The summed E-state index contributed by atoms with van der Waals surface area (Å²) in [6, 6.07) is 9.50. The normalized spacial score (nSPS) is 25.7. The average molecular weight is 230 g/mol. The Hall–Kier alpha value is -1.02. The second-order valence-electron chi connectivity index (χ2n) is 5.48. The van der Waals surface area contributed by atoms with E-state index in [9.17, 15) is 0 Å². The Bertz CT molecular complexity index is 384. The topological polar surface area (TPSA) is 15.3 Å². The molecule has 0 aromatic heterocycles. The first-order valence-corrected chi connectivity index (χ1v) is 6.88. The molecule has 2 fully saturated rings. The average Bonchev–Trinajstić information content (AvgIpc) is 3.16. The lowest BCUT2D eigenvalue weighted by Gasteiger charge is -2.27. The molecule has 0 amide bonds. The van der Waals surface area contributed by atoms with Crippen LogP contribution in [0.1, 0.15) is 24.8 Å². The number of hydrogen-bond donors (Lipinski definition) is 1. The highest BCUT2D eigenvalue weighted by molar-refractivity contribution is 5.53. The first-order chi connectivity index (χ1) is 8.34. The van der Waals surface area contributed by atoms with Crippen molar-refractivity contribution in [2.45, 2.75) is 32.2 Å². The molecule has 0 radical (unpaired) electrons. The van der Waals surface area contributed by atoms with Gasteiger partial charge in [0, 0.05) is 24.8 Å². The van der Waals surface area contributed by atoms with Crippen LogP contribution in [0.2, 0.25) is 0 Å². The smallest absolute Gasteiger partial charge is 0.0396 e. The molecule has 1 aliphatic carbocycles. The summed E-state index contributed by atoms with van der Waals surface area (Å²) in [5, 5.41) is 3.72. The van der Waals surface area contributed by atoms with Crippen molar-refractivity contribution < 1.29 is 0 Å². The zero-order valence-electron chi connectivity index (χ0n) is 10.7. The number of rotatable bonds is 2. The van der Waals surface area contributed by atoms with Crippen molar-refractivity contribution in [2.24, 2.45) is 5.92 Å². The van der Waals surface area contributed by atoms with Gasteiger partial charge in [-0.2, -0.15) is 0 Å². The zero-order valence-corrected chi connectivity index (χ0v) is 10.7. The maximum atomic E-state index is 3.72. The Morgan fingerprint density at radius 3 is 2.82 bits per heavy atom. The number of hydrogen-bond acceptors (Lipinski definition) is 2. The van der Waals surface area contributed by atoms with Crippen LogP contribution >= 0.6 is 0 Å². The van der Waals surface area contributed by atoms with E-state index in [0.29, 0.717) is 0 Å². The summed E-state index contributed by atoms with van der Waals surface area (Å²) in [6.07, 6.45) is 4.12. The first kappa shape index (κ1) is 11.1. The van der Waals surface area contributed by atoms with Crippen molar-refractivity contribution in [1.82, 2.24) is 5.32 Å². The molecule has 1 aromatic carbocycles. The lowest BCUT2D eigenvalue weighted by molar-refractivity contribution is 0.490. The molecule has 17 heavy (non-hydrogen) atoms. The van der Waals surface area contributed by atoms with Gasteiger partial charge in [-0.3, -0.25) is 0 Å². The minimum Gasteiger partial charge on any atom is -0.370 e. The molecule has 1 N–H and O–H groups in total. The molecule has 0 bridgehead atoms. The van der Waals surface area contributed by atoms with Crippen LogP contribution < -0.4 is 10.2 Å². The van der Waals surface area contributed by atoms with E-state index in [1.54, 1.807) is 0 Å². The summed E-state index contributed by atoms with van der Waals surface area (Å²) in [4.78, 5) is 2.58. The van der Waals surface area contributed by atoms with Crippen LogP contribution in [0.3, 0.4) is 0 Å². The minimum atomic E-state index is 0.720. The lowest BCUT2D eigenvalue weighted by Crippen LogP contribution is -2.39. The highest BCUT2D eigenvalue weighted by atomic mass is 15.2. The van der Waals surface area contributed by atoms with E-state index in [2.05, 4.69) is 41.4 Å². The molecular formula is C15H22N2. The number of anilines is 1. The van der Waals surface area contributed by atoms with E-state index >= 15 is 0 Å². The van der Waals surface area contributed by atoms with Crippen LogP contribution in [0.15, 0.2) is 24.3 Å². The van der Waals surface area contributed by atoms with E-state index in [1.807, 2.05) is 0 Å². The van der Waals surface area contributed by atoms with Gasteiger partial charge in [-0.05, 0) is 50.3 Å². The van der Waals surface area contributed by atoms with Crippen LogP contribution in [0.25, 0.3) is 0 Å². The fourth-order valence-corrected chi connectivity index (χ4v) is 2.90. The fourth-order valence-electron chi connectivity index (χ4n) is 2.90. The molecule has 1 saturated heterocycles. The van der Waals surface area contributed by atoms with E-state index in [0.717, 1.165) is 12.0 Å². The maximum absolute atomic E-state index is 3.72. The molecule has 3 rings (SSSR count). The quantitative estimate of drug-likeness (QED) is 0.840. The van der Waals surface area contributed by atoms with Crippen LogP contribution in [0.4, 0.5) is 5.69 Å². The maximum Gasteiger partial charge on any atom is 0.0396 e. The highest BCUT2D eigenvalue weighted by Crippen LogP contribution is 2.34. The minimum absolute atomic E-state index is 0.720. The molecule has 1 atom stereocenters. The number of benzene rings is 1. The van der Waals surface area contributed by atoms with Gasteiger partial charge in [0.05, 0.1) is 0 Å². The van der Waals surface area contributed by atoms with Crippen LogP contribution in [-0.2, 0) is 0 Å². The second-order valence-corrected chi connectivity index (χ2v) is 5.48. The Morgan fingerprint density at radius 1 is 1.24 bits per heavy atom. The van der Waals surface area contributed by atoms with E-state index in [-0.39, 0.29) is 0 Å². The molecular weight excluding hydrogens is 208 g/mol. The Labute approximate surface area is 104 Å². The molecule has 1 heterocycles. The highest BCUT2D eigenvalue weighted by Gasteiger charge is 2.33. The summed E-state index contributed by atoms with van der Waals surface area (Å²) in [6.45, 7) is 5.79. The van der Waals surface area contributed by atoms with Crippen LogP contribution in [-0.4, -0.2) is 25.7 Å². The Balaban J connectivity index is 1.78. The van der Waals surface area contributed by atoms with E-state index < -0.39 is 0 Å². The van der Waals surface area contributed by atoms with Gasteiger partial charge < -0.3 is 10.2 Å². The summed E-state index contributed by atoms with van der Waals surface area (Å²) in [5.41, 5.74) is 2.84.